The van der Waals surface area contributed by atoms with Gasteiger partial charge in [0.15, 0.2) is 5.17 Å². The van der Waals surface area contributed by atoms with Crippen molar-refractivity contribution in [3.63, 3.8) is 0 Å². The van der Waals surface area contributed by atoms with Gasteiger partial charge in [-0.1, -0.05) is 42.1 Å². The molecule has 4 N–H and O–H groups in total. The lowest BCUT2D eigenvalue weighted by Crippen LogP contribution is -2.57. The summed E-state index contributed by atoms with van der Waals surface area (Å²) in [6.07, 6.45) is -0.275. The van der Waals surface area contributed by atoms with E-state index in [0.29, 0.717) is 17.9 Å². The van der Waals surface area contributed by atoms with E-state index in [9.17, 15) is 28.4 Å². The molecule has 2 unspecified atom stereocenters. The topological polar surface area (TPSA) is 155 Å². The second-order valence-corrected chi connectivity index (χ2v) is 9.15. The van der Waals surface area contributed by atoms with Crippen LogP contribution in [0.2, 0.25) is 0 Å². The summed E-state index contributed by atoms with van der Waals surface area (Å²) in [5.41, 5.74) is 0.373. The molecule has 0 aromatic heterocycles. The van der Waals surface area contributed by atoms with Crippen molar-refractivity contribution < 1.29 is 33.1 Å². The molecule has 2 aromatic rings. The number of carbonyl (C=O) groups is 5. The Morgan fingerprint density at radius 3 is 2.41 bits per heavy atom. The van der Waals surface area contributed by atoms with Crippen LogP contribution >= 0.6 is 11.8 Å². The Kier molecular flexibility index (Phi) is 7.82. The predicted octanol–water partition coefficient (Wildman–Crippen LogP) is 1.86. The van der Waals surface area contributed by atoms with Crippen molar-refractivity contribution in [2.24, 2.45) is 10.9 Å². The molecule has 0 aliphatic carbocycles. The van der Waals surface area contributed by atoms with E-state index in [1.807, 2.05) is 0 Å². The Hall–Kier alpha value is -4.26. The van der Waals surface area contributed by atoms with Gasteiger partial charge in [0, 0.05) is 12.0 Å². The van der Waals surface area contributed by atoms with Crippen LogP contribution < -0.4 is 26.0 Å². The highest BCUT2D eigenvalue weighted by Gasteiger charge is 2.43. The average Bonchev–Trinajstić information content (AvgIpc) is 3.18. The molecule has 192 valence electrons. The van der Waals surface area contributed by atoms with Gasteiger partial charge in [0.25, 0.3) is 0 Å². The lowest BCUT2D eigenvalue weighted by atomic mass is 9.90. The van der Waals surface area contributed by atoms with Crippen molar-refractivity contribution in [1.82, 2.24) is 16.0 Å². The van der Waals surface area contributed by atoms with Gasteiger partial charge in [-0.05, 0) is 25.1 Å². The molecule has 2 aromatic carbocycles. The maximum absolute atomic E-state index is 13.8. The zero-order valence-corrected chi connectivity index (χ0v) is 20.3. The molecule has 2 aliphatic rings. The predicted molar refractivity (Wildman–Crippen MR) is 132 cm³/mol. The number of amidine groups is 1. The van der Waals surface area contributed by atoms with Crippen molar-refractivity contribution in [3.8, 4) is 5.75 Å². The molecule has 2 fully saturated rings. The van der Waals surface area contributed by atoms with E-state index in [0.717, 1.165) is 11.8 Å². The zero-order valence-electron chi connectivity index (χ0n) is 19.4. The summed E-state index contributed by atoms with van der Waals surface area (Å²) in [4.78, 5) is 66.4. The molecule has 11 nitrogen and oxygen atoms in total. The molecular weight excluding hydrogens is 505 g/mol. The Bertz CT molecular complexity index is 1280. The van der Waals surface area contributed by atoms with E-state index < -0.39 is 52.7 Å². The quantitative estimate of drug-likeness (QED) is 0.382. The number of nitrogens with one attached hydrogen (secondary N) is 4. The summed E-state index contributed by atoms with van der Waals surface area (Å²) in [5.74, 6) is -4.49. The van der Waals surface area contributed by atoms with Gasteiger partial charge in [0.05, 0.1) is 12.3 Å². The van der Waals surface area contributed by atoms with Gasteiger partial charge in [-0.15, -0.1) is 0 Å². The Labute approximate surface area is 214 Å². The number of para-hydroxylation sites is 2. The maximum atomic E-state index is 13.8. The third-order valence-electron chi connectivity index (χ3n) is 5.44. The number of anilines is 1. The normalized spacial score (nSPS) is 19.7. The number of hydrogen-bond acceptors (Lipinski definition) is 8. The van der Waals surface area contributed by atoms with Crippen LogP contribution in [0.5, 0.6) is 5.75 Å². The summed E-state index contributed by atoms with van der Waals surface area (Å²) in [6.45, 7) is 2.06. The fourth-order valence-electron chi connectivity index (χ4n) is 3.81. The van der Waals surface area contributed by atoms with E-state index in [4.69, 9.17) is 4.74 Å². The first-order chi connectivity index (χ1) is 17.8. The first-order valence-electron chi connectivity index (χ1n) is 11.2. The highest BCUT2D eigenvalue weighted by molar-refractivity contribution is 8.15. The molecule has 2 heterocycles. The van der Waals surface area contributed by atoms with E-state index in [1.54, 1.807) is 37.3 Å². The largest absolute Gasteiger partial charge is 0.494 e. The minimum absolute atomic E-state index is 0.0127. The number of barbiturate groups is 1. The number of thioether (sulfide) groups is 1. The molecule has 0 saturated carbocycles. The fraction of sp³-hybridized carbons (Fsp3) is 0.250. The van der Waals surface area contributed by atoms with Gasteiger partial charge in [0.2, 0.25) is 23.6 Å². The lowest BCUT2D eigenvalue weighted by Gasteiger charge is -2.27. The lowest BCUT2D eigenvalue weighted by molar-refractivity contribution is -0.136. The van der Waals surface area contributed by atoms with E-state index in [-0.39, 0.29) is 17.3 Å². The van der Waals surface area contributed by atoms with Gasteiger partial charge in [0.1, 0.15) is 28.8 Å². The standard InChI is InChI=1S/C24H22FN5O6S/c1-2-36-15-10-6-3-7-12(15)19(18-21(33)28-23(35)29-22(18)34)27-24-30-20(32)16(37-24)11-17(31)26-14-9-5-4-8-13(14)25/h3-10,16,18-19H,2,11H2,1H3,(H,26,31)(H,27,30,32)(H2,28,29,33,34,35). The van der Waals surface area contributed by atoms with Crippen LogP contribution in [0.15, 0.2) is 53.5 Å². The molecule has 37 heavy (non-hydrogen) atoms. The van der Waals surface area contributed by atoms with Crippen molar-refractivity contribution in [3.05, 3.63) is 59.9 Å². The Morgan fingerprint density at radius 2 is 1.70 bits per heavy atom. The second kappa shape index (κ2) is 11.2. The number of rotatable bonds is 8. The first-order valence-corrected chi connectivity index (χ1v) is 12.1. The summed E-state index contributed by atoms with van der Waals surface area (Å²) in [7, 11) is 0. The monoisotopic (exact) mass is 527 g/mol. The molecule has 0 bridgehead atoms. The van der Waals surface area contributed by atoms with Gasteiger partial charge in [-0.25, -0.2) is 9.18 Å². The molecule has 13 heteroatoms. The SMILES string of the molecule is CCOc1ccccc1C(N=C1NC(=O)C(CC(=O)Nc2ccccc2F)S1)C1C(=O)NC(=O)NC1=O. The van der Waals surface area contributed by atoms with Crippen LogP contribution in [0.1, 0.15) is 24.9 Å². The van der Waals surface area contributed by atoms with Crippen molar-refractivity contribution in [2.45, 2.75) is 24.6 Å². The summed E-state index contributed by atoms with van der Waals surface area (Å²) < 4.78 is 19.5. The number of nitrogens with zero attached hydrogens (tertiary/aromatic N) is 1. The van der Waals surface area contributed by atoms with Gasteiger partial charge in [-0.3, -0.25) is 34.8 Å². The molecular formula is C24H22FN5O6S. The van der Waals surface area contributed by atoms with Crippen LogP contribution in [-0.4, -0.2) is 46.7 Å². The number of benzene rings is 2. The fourth-order valence-corrected chi connectivity index (χ4v) is 4.82. The van der Waals surface area contributed by atoms with Crippen LogP contribution in [0.3, 0.4) is 0 Å². The molecule has 4 rings (SSSR count). The van der Waals surface area contributed by atoms with E-state index in [1.165, 1.54) is 18.2 Å². The number of hydrogen-bond donors (Lipinski definition) is 4. The van der Waals surface area contributed by atoms with Gasteiger partial charge < -0.3 is 15.4 Å². The Morgan fingerprint density at radius 1 is 1.03 bits per heavy atom. The number of urea groups is 1. The number of aliphatic imine (C=N–C) groups is 1. The third-order valence-corrected chi connectivity index (χ3v) is 6.54. The van der Waals surface area contributed by atoms with Crippen molar-refractivity contribution >= 4 is 52.3 Å². The minimum atomic E-state index is -1.44. The van der Waals surface area contributed by atoms with Gasteiger partial charge in [-0.2, -0.15) is 0 Å². The van der Waals surface area contributed by atoms with Gasteiger partial charge >= 0.3 is 6.03 Å². The maximum Gasteiger partial charge on any atom is 0.328 e. The van der Waals surface area contributed by atoms with Crippen LogP contribution in [0, 0.1) is 11.7 Å². The smallest absolute Gasteiger partial charge is 0.328 e. The molecule has 0 spiro atoms. The highest BCUT2D eigenvalue weighted by atomic mass is 32.2. The molecule has 2 atom stereocenters. The summed E-state index contributed by atoms with van der Waals surface area (Å²) >= 11 is 0.935. The second-order valence-electron chi connectivity index (χ2n) is 7.96. The van der Waals surface area contributed by atoms with E-state index >= 15 is 0 Å². The highest BCUT2D eigenvalue weighted by Crippen LogP contribution is 2.36. The number of carbonyl (C=O) groups excluding carboxylic acids is 5. The van der Waals surface area contributed by atoms with E-state index in [2.05, 4.69) is 26.3 Å². The molecule has 6 amide bonds. The summed E-state index contributed by atoms with van der Waals surface area (Å²) in [6, 6.07) is 10.2. The number of amides is 6. The van der Waals surface area contributed by atoms with Crippen molar-refractivity contribution in [2.75, 3.05) is 11.9 Å². The van der Waals surface area contributed by atoms with Crippen LogP contribution in [0.4, 0.5) is 14.9 Å². The molecule has 2 aliphatic heterocycles. The Balaban J connectivity index is 1.59. The number of ether oxygens (including phenoxy) is 1. The van der Waals surface area contributed by atoms with Crippen molar-refractivity contribution in [1.29, 1.82) is 0 Å². The molecule has 2 saturated heterocycles. The summed E-state index contributed by atoms with van der Waals surface area (Å²) in [5, 5.41) is 8.30. The number of imide groups is 2. The van der Waals surface area contributed by atoms with Crippen LogP contribution in [0.25, 0.3) is 0 Å². The number of halogens is 1. The molecule has 0 radical (unpaired) electrons. The van der Waals surface area contributed by atoms with Crippen LogP contribution in [-0.2, 0) is 19.2 Å². The average molecular weight is 528 g/mol. The zero-order chi connectivity index (χ0) is 26.5. The minimum Gasteiger partial charge on any atom is -0.494 e. The first kappa shape index (κ1) is 25.8. The third kappa shape index (κ3) is 5.94.